The first-order valence-electron chi connectivity index (χ1n) is 15.2. The minimum absolute atomic E-state index is 0.919. The van der Waals surface area contributed by atoms with Crippen molar-refractivity contribution in [3.63, 3.8) is 0 Å². The van der Waals surface area contributed by atoms with Gasteiger partial charge in [-0.05, 0) is 54.6 Å². The number of thiophene rings is 1. The van der Waals surface area contributed by atoms with Gasteiger partial charge in [0.15, 0.2) is 0 Å². The van der Waals surface area contributed by atoms with Crippen LogP contribution in [-0.2, 0) is 0 Å². The third-order valence-corrected chi connectivity index (χ3v) is 10.3. The van der Waals surface area contributed by atoms with Gasteiger partial charge in [-0.15, -0.1) is 11.3 Å². The fourth-order valence-corrected chi connectivity index (χ4v) is 8.40. The number of para-hydroxylation sites is 3. The second-order valence-corrected chi connectivity index (χ2v) is 12.6. The third-order valence-electron chi connectivity index (χ3n) is 9.12. The number of hydrogen-bond donors (Lipinski definition) is 0. The molecule has 4 heteroatoms. The van der Waals surface area contributed by atoms with E-state index in [-0.39, 0.29) is 0 Å². The van der Waals surface area contributed by atoms with Crippen molar-refractivity contribution in [2.75, 3.05) is 0 Å². The maximum absolute atomic E-state index is 5.37. The number of nitrogens with zero attached hydrogens (tertiary/aromatic N) is 3. The zero-order valence-corrected chi connectivity index (χ0v) is 25.0. The van der Waals surface area contributed by atoms with Gasteiger partial charge < -0.3 is 4.57 Å². The molecule has 0 atom stereocenters. The predicted octanol–water partition coefficient (Wildman–Crippen LogP) is 11.3. The second kappa shape index (κ2) is 9.39. The number of hydrogen-bond acceptors (Lipinski definition) is 2. The van der Waals surface area contributed by atoms with Crippen molar-refractivity contribution in [3.05, 3.63) is 152 Å². The van der Waals surface area contributed by atoms with Crippen LogP contribution in [0.5, 0.6) is 0 Å². The average molecular weight is 592 g/mol. The Morgan fingerprint density at radius 1 is 0.422 bits per heavy atom. The number of pyridine rings is 1. The van der Waals surface area contributed by atoms with E-state index in [1.165, 1.54) is 58.3 Å². The first-order valence-corrected chi connectivity index (χ1v) is 16.0. The van der Waals surface area contributed by atoms with Crippen molar-refractivity contribution in [3.8, 4) is 22.8 Å². The van der Waals surface area contributed by atoms with Gasteiger partial charge in [0, 0.05) is 53.0 Å². The van der Waals surface area contributed by atoms with Crippen LogP contribution < -0.4 is 0 Å². The molecule has 0 saturated heterocycles. The zero-order chi connectivity index (χ0) is 29.5. The van der Waals surface area contributed by atoms with Crippen LogP contribution in [0.4, 0.5) is 0 Å². The minimum atomic E-state index is 0.919. The minimum Gasteiger partial charge on any atom is -0.309 e. The van der Waals surface area contributed by atoms with Gasteiger partial charge >= 0.3 is 0 Å². The molecule has 4 aromatic heterocycles. The zero-order valence-electron chi connectivity index (χ0n) is 24.2. The number of benzene rings is 6. The van der Waals surface area contributed by atoms with Crippen LogP contribution >= 0.6 is 11.3 Å². The van der Waals surface area contributed by atoms with Gasteiger partial charge in [0.05, 0.1) is 27.8 Å². The molecule has 4 heterocycles. The lowest BCUT2D eigenvalue weighted by Gasteiger charge is -2.10. The molecular formula is C41H25N3S. The van der Waals surface area contributed by atoms with E-state index in [9.17, 15) is 0 Å². The molecule has 45 heavy (non-hydrogen) atoms. The van der Waals surface area contributed by atoms with Gasteiger partial charge in [-0.25, -0.2) is 4.98 Å². The smallest absolute Gasteiger partial charge is 0.138 e. The van der Waals surface area contributed by atoms with Gasteiger partial charge in [0.2, 0.25) is 0 Å². The van der Waals surface area contributed by atoms with Gasteiger partial charge in [0.25, 0.3) is 0 Å². The van der Waals surface area contributed by atoms with Crippen LogP contribution in [0.25, 0.3) is 86.5 Å². The maximum atomic E-state index is 5.37. The Morgan fingerprint density at radius 2 is 1.02 bits per heavy atom. The van der Waals surface area contributed by atoms with Crippen molar-refractivity contribution in [1.29, 1.82) is 0 Å². The third kappa shape index (κ3) is 3.54. The summed E-state index contributed by atoms with van der Waals surface area (Å²) in [5.41, 5.74) is 8.04. The van der Waals surface area contributed by atoms with E-state index < -0.39 is 0 Å². The Bertz CT molecular complexity index is 2760. The number of fused-ring (bicyclic) bond motifs is 9. The molecule has 0 amide bonds. The summed E-state index contributed by atoms with van der Waals surface area (Å²) in [5, 5.41) is 7.51. The van der Waals surface area contributed by atoms with Crippen molar-refractivity contribution >= 4 is 75.1 Å². The normalized spacial score (nSPS) is 12.0. The summed E-state index contributed by atoms with van der Waals surface area (Å²) >= 11 is 1.85. The van der Waals surface area contributed by atoms with Gasteiger partial charge in [-0.2, -0.15) is 0 Å². The molecule has 6 aromatic carbocycles. The lowest BCUT2D eigenvalue weighted by Crippen LogP contribution is -1.98. The van der Waals surface area contributed by atoms with Crippen LogP contribution in [-0.4, -0.2) is 14.1 Å². The Labute approximate surface area is 262 Å². The highest BCUT2D eigenvalue weighted by Gasteiger charge is 2.19. The van der Waals surface area contributed by atoms with E-state index >= 15 is 0 Å². The first-order chi connectivity index (χ1) is 22.3. The summed E-state index contributed by atoms with van der Waals surface area (Å²) < 4.78 is 7.31. The van der Waals surface area contributed by atoms with Crippen LogP contribution in [0.2, 0.25) is 0 Å². The highest BCUT2D eigenvalue weighted by atomic mass is 32.1. The molecule has 0 N–H and O–H groups in total. The Kier molecular flexibility index (Phi) is 5.16. The first kappa shape index (κ1) is 24.7. The van der Waals surface area contributed by atoms with E-state index in [1.54, 1.807) is 0 Å². The summed E-state index contributed by atoms with van der Waals surface area (Å²) in [6, 6.07) is 54.5. The lowest BCUT2D eigenvalue weighted by molar-refractivity contribution is 1.08. The van der Waals surface area contributed by atoms with E-state index in [4.69, 9.17) is 4.98 Å². The van der Waals surface area contributed by atoms with Gasteiger partial charge in [-0.3, -0.25) is 4.57 Å². The molecule has 0 radical (unpaired) electrons. The molecule has 0 unspecified atom stereocenters. The van der Waals surface area contributed by atoms with E-state index in [2.05, 4.69) is 161 Å². The predicted molar refractivity (Wildman–Crippen MR) is 191 cm³/mol. The average Bonchev–Trinajstić information content (AvgIpc) is 3.75. The van der Waals surface area contributed by atoms with Crippen LogP contribution in [0.1, 0.15) is 0 Å². The Balaban J connectivity index is 1.26. The summed E-state index contributed by atoms with van der Waals surface area (Å²) in [4.78, 5) is 5.37. The highest BCUT2D eigenvalue weighted by molar-refractivity contribution is 7.26. The summed E-state index contributed by atoms with van der Waals surface area (Å²) in [5.74, 6) is 0.919. The van der Waals surface area contributed by atoms with Crippen molar-refractivity contribution in [2.24, 2.45) is 0 Å². The lowest BCUT2D eigenvalue weighted by atomic mass is 10.1. The van der Waals surface area contributed by atoms with Crippen molar-refractivity contribution in [1.82, 2.24) is 14.1 Å². The fraction of sp³-hybridized carbons (Fsp3) is 0. The monoisotopic (exact) mass is 591 g/mol. The second-order valence-electron chi connectivity index (χ2n) is 11.6. The molecule has 0 spiro atoms. The molecule has 0 aliphatic heterocycles. The molecule has 210 valence electrons. The Morgan fingerprint density at radius 3 is 1.80 bits per heavy atom. The SMILES string of the molecule is c1ccc(-n2c3ccccc3c3cc4c(cc32)c2ccccc2n4-c2cccc(-c3cccc4c3sc3ccccc34)n2)cc1. The van der Waals surface area contributed by atoms with Crippen LogP contribution in [0.3, 0.4) is 0 Å². The summed E-state index contributed by atoms with van der Waals surface area (Å²) in [7, 11) is 0. The Hall–Kier alpha value is -5.71. The van der Waals surface area contributed by atoms with Crippen molar-refractivity contribution < 1.29 is 0 Å². The van der Waals surface area contributed by atoms with Crippen LogP contribution in [0.15, 0.2) is 152 Å². The topological polar surface area (TPSA) is 22.8 Å². The standard InChI is InChI=1S/C41H25N3S/c1-2-12-26(13-3-1)43-35-20-7-4-14-27(35)32-25-38-33(24-37(32)43)28-15-5-8-21-36(28)44(38)40-23-11-19-34(42-40)31-18-10-17-30-29-16-6-9-22-39(29)45-41(30)31/h1-25H. The highest BCUT2D eigenvalue weighted by Crippen LogP contribution is 2.41. The number of rotatable bonds is 3. The van der Waals surface area contributed by atoms with E-state index in [0.717, 1.165) is 28.2 Å². The molecule has 3 nitrogen and oxygen atoms in total. The largest absolute Gasteiger partial charge is 0.309 e. The summed E-state index contributed by atoms with van der Waals surface area (Å²) in [6.45, 7) is 0. The molecule has 0 aliphatic carbocycles. The fourth-order valence-electron chi connectivity index (χ4n) is 7.18. The molecule has 10 rings (SSSR count). The molecule has 0 bridgehead atoms. The summed E-state index contributed by atoms with van der Waals surface area (Å²) in [6.07, 6.45) is 0. The molecule has 0 aliphatic rings. The maximum Gasteiger partial charge on any atom is 0.138 e. The quantitative estimate of drug-likeness (QED) is 0.200. The van der Waals surface area contributed by atoms with Crippen LogP contribution in [0, 0.1) is 0 Å². The van der Waals surface area contributed by atoms with E-state index in [0.29, 0.717) is 0 Å². The van der Waals surface area contributed by atoms with Gasteiger partial charge in [-0.1, -0.05) is 97.1 Å². The van der Waals surface area contributed by atoms with E-state index in [1.807, 2.05) is 11.3 Å². The van der Waals surface area contributed by atoms with Crippen molar-refractivity contribution in [2.45, 2.75) is 0 Å². The molecule has 0 fully saturated rings. The number of aromatic nitrogens is 3. The molecular weight excluding hydrogens is 567 g/mol. The molecule has 0 saturated carbocycles. The molecule has 10 aromatic rings. The van der Waals surface area contributed by atoms with Gasteiger partial charge in [0.1, 0.15) is 5.82 Å².